The lowest BCUT2D eigenvalue weighted by molar-refractivity contribution is -0.109. The van der Waals surface area contributed by atoms with E-state index in [1.165, 1.54) is 12.8 Å². The Morgan fingerprint density at radius 3 is 1.75 bits per heavy atom. The van der Waals surface area contributed by atoms with E-state index < -0.39 is 0 Å². The van der Waals surface area contributed by atoms with Crippen LogP contribution in [0.4, 0.5) is 0 Å². The third-order valence-electron chi connectivity index (χ3n) is 2.25. The Morgan fingerprint density at radius 2 is 1.50 bits per heavy atom. The van der Waals surface area contributed by atoms with Gasteiger partial charge in [0.1, 0.15) is 5.72 Å². The van der Waals surface area contributed by atoms with E-state index in [0.29, 0.717) is 0 Å². The van der Waals surface area contributed by atoms with Gasteiger partial charge in [-0.1, -0.05) is 13.8 Å². The second kappa shape index (κ2) is 5.55. The quantitative estimate of drug-likeness (QED) is 0.572. The fraction of sp³-hybridized carbons (Fsp3) is 1.00. The van der Waals surface area contributed by atoms with E-state index in [9.17, 15) is 0 Å². The van der Waals surface area contributed by atoms with Crippen molar-refractivity contribution in [1.29, 1.82) is 0 Å². The molecule has 0 heterocycles. The van der Waals surface area contributed by atoms with Crippen LogP contribution in [0.2, 0.25) is 0 Å². The Balaban J connectivity index is 4.07. The fourth-order valence-electron chi connectivity index (χ4n) is 1.32. The summed E-state index contributed by atoms with van der Waals surface area (Å²) in [5.41, 5.74) is -0.105. The van der Waals surface area contributed by atoms with Crippen LogP contribution in [0.3, 0.4) is 0 Å². The maximum absolute atomic E-state index is 5.43. The van der Waals surface area contributed by atoms with Crippen molar-refractivity contribution in [3.63, 3.8) is 0 Å². The van der Waals surface area contributed by atoms with Crippen molar-refractivity contribution in [3.05, 3.63) is 0 Å². The number of hydrogen-bond donors (Lipinski definition) is 0. The van der Waals surface area contributed by atoms with Gasteiger partial charge >= 0.3 is 0 Å². The molecule has 0 saturated carbocycles. The van der Waals surface area contributed by atoms with Gasteiger partial charge in [0.2, 0.25) is 0 Å². The summed E-state index contributed by atoms with van der Waals surface area (Å²) < 4.78 is 5.43. The highest BCUT2D eigenvalue weighted by molar-refractivity contribution is 4.70. The predicted molar refractivity (Wildman–Crippen MR) is 53.2 cm³/mol. The molecule has 0 fully saturated rings. The van der Waals surface area contributed by atoms with Gasteiger partial charge in [0, 0.05) is 20.2 Å². The molecule has 0 saturated heterocycles. The molecule has 0 aliphatic heterocycles. The largest absolute Gasteiger partial charge is 0.364 e. The molecule has 12 heavy (non-hydrogen) atoms. The molecule has 0 amide bonds. The maximum Gasteiger partial charge on any atom is 0.115 e. The van der Waals surface area contributed by atoms with Crippen LogP contribution in [-0.2, 0) is 4.74 Å². The van der Waals surface area contributed by atoms with Crippen LogP contribution >= 0.6 is 0 Å². The van der Waals surface area contributed by atoms with Gasteiger partial charge in [-0.25, -0.2) is 0 Å². The second-order valence-electron chi connectivity index (χ2n) is 3.64. The number of hydrogen-bond acceptors (Lipinski definition) is 2. The summed E-state index contributed by atoms with van der Waals surface area (Å²) in [6, 6.07) is 0. The highest BCUT2D eigenvalue weighted by Crippen LogP contribution is 2.15. The molecule has 0 unspecified atom stereocenters. The average molecular weight is 173 g/mol. The Morgan fingerprint density at radius 1 is 1.08 bits per heavy atom. The first-order valence-corrected chi connectivity index (χ1v) is 4.88. The molecule has 0 aromatic heterocycles. The second-order valence-corrected chi connectivity index (χ2v) is 3.64. The van der Waals surface area contributed by atoms with Gasteiger partial charge in [0.15, 0.2) is 0 Å². The van der Waals surface area contributed by atoms with Crippen molar-refractivity contribution >= 4 is 0 Å². The molecule has 2 nitrogen and oxygen atoms in total. The molecule has 0 rings (SSSR count). The number of ether oxygens (including phenoxy) is 1. The van der Waals surface area contributed by atoms with Crippen molar-refractivity contribution in [1.82, 2.24) is 4.90 Å². The summed E-state index contributed by atoms with van der Waals surface area (Å²) >= 11 is 0. The van der Waals surface area contributed by atoms with Crippen molar-refractivity contribution in [2.45, 2.75) is 46.3 Å². The highest BCUT2D eigenvalue weighted by Gasteiger charge is 2.24. The van der Waals surface area contributed by atoms with E-state index in [2.05, 4.69) is 32.6 Å². The lowest BCUT2D eigenvalue weighted by atomic mass is 10.2. The molecule has 0 aromatic carbocycles. The number of rotatable bonds is 6. The SMILES string of the molecule is CCCN(CCC)C(C)(C)OC. The van der Waals surface area contributed by atoms with Gasteiger partial charge in [0.05, 0.1) is 0 Å². The monoisotopic (exact) mass is 173 g/mol. The molecule has 74 valence electrons. The average Bonchev–Trinajstić information content (AvgIpc) is 2.04. The lowest BCUT2D eigenvalue weighted by Crippen LogP contribution is -2.46. The molecular weight excluding hydrogens is 150 g/mol. The van der Waals surface area contributed by atoms with Crippen LogP contribution in [-0.4, -0.2) is 30.8 Å². The van der Waals surface area contributed by atoms with Crippen LogP contribution in [0.25, 0.3) is 0 Å². The molecular formula is C10H23NO. The van der Waals surface area contributed by atoms with Gasteiger partial charge in [0.25, 0.3) is 0 Å². The van der Waals surface area contributed by atoms with Crippen molar-refractivity contribution in [2.75, 3.05) is 20.2 Å². The normalized spacial score (nSPS) is 12.5. The van der Waals surface area contributed by atoms with Gasteiger partial charge in [-0.2, -0.15) is 0 Å². The van der Waals surface area contributed by atoms with E-state index in [1.54, 1.807) is 7.11 Å². The zero-order chi connectivity index (χ0) is 9.61. The van der Waals surface area contributed by atoms with E-state index in [4.69, 9.17) is 4.74 Å². The summed E-state index contributed by atoms with van der Waals surface area (Å²) in [7, 11) is 1.78. The highest BCUT2D eigenvalue weighted by atomic mass is 16.5. The minimum absolute atomic E-state index is 0.105. The summed E-state index contributed by atoms with van der Waals surface area (Å²) in [5, 5.41) is 0. The van der Waals surface area contributed by atoms with Crippen LogP contribution in [0.15, 0.2) is 0 Å². The van der Waals surface area contributed by atoms with Gasteiger partial charge < -0.3 is 4.74 Å². The maximum atomic E-state index is 5.43. The third kappa shape index (κ3) is 3.55. The van der Waals surface area contributed by atoms with Gasteiger partial charge in [-0.15, -0.1) is 0 Å². The topological polar surface area (TPSA) is 12.5 Å². The number of methoxy groups -OCH3 is 1. The van der Waals surface area contributed by atoms with E-state index >= 15 is 0 Å². The summed E-state index contributed by atoms with van der Waals surface area (Å²) in [6.45, 7) is 10.9. The van der Waals surface area contributed by atoms with E-state index in [-0.39, 0.29) is 5.72 Å². The van der Waals surface area contributed by atoms with Gasteiger partial charge in [-0.3, -0.25) is 4.90 Å². The Labute approximate surface area is 76.9 Å². The molecule has 0 spiro atoms. The molecule has 0 aliphatic carbocycles. The first-order chi connectivity index (χ1) is 5.58. The summed E-state index contributed by atoms with van der Waals surface area (Å²) in [5.74, 6) is 0. The third-order valence-corrected chi connectivity index (χ3v) is 2.25. The lowest BCUT2D eigenvalue weighted by Gasteiger charge is -2.37. The first-order valence-electron chi connectivity index (χ1n) is 4.88. The summed E-state index contributed by atoms with van der Waals surface area (Å²) in [6.07, 6.45) is 2.37. The smallest absolute Gasteiger partial charge is 0.115 e. The standard InChI is InChI=1S/C10H23NO/c1-6-8-11(9-7-2)10(3,4)12-5/h6-9H2,1-5H3. The minimum Gasteiger partial charge on any atom is -0.364 e. The molecule has 0 atom stereocenters. The van der Waals surface area contributed by atoms with Crippen LogP contribution in [0.5, 0.6) is 0 Å². The predicted octanol–water partition coefficient (Wildman–Crippen LogP) is 2.49. The Hall–Kier alpha value is -0.0800. The molecule has 0 radical (unpaired) electrons. The molecule has 0 bridgehead atoms. The Bertz CT molecular complexity index is 106. The van der Waals surface area contributed by atoms with E-state index in [1.807, 2.05) is 0 Å². The molecule has 0 aromatic rings. The van der Waals surface area contributed by atoms with Crippen molar-refractivity contribution in [3.8, 4) is 0 Å². The molecule has 0 aliphatic rings. The summed E-state index contributed by atoms with van der Waals surface area (Å²) in [4.78, 5) is 2.38. The van der Waals surface area contributed by atoms with Crippen molar-refractivity contribution in [2.24, 2.45) is 0 Å². The van der Waals surface area contributed by atoms with Crippen LogP contribution < -0.4 is 0 Å². The minimum atomic E-state index is -0.105. The molecule has 0 N–H and O–H groups in total. The fourth-order valence-corrected chi connectivity index (χ4v) is 1.32. The van der Waals surface area contributed by atoms with Crippen LogP contribution in [0, 0.1) is 0 Å². The van der Waals surface area contributed by atoms with Gasteiger partial charge in [-0.05, 0) is 26.7 Å². The van der Waals surface area contributed by atoms with Crippen molar-refractivity contribution < 1.29 is 4.74 Å². The zero-order valence-electron chi connectivity index (χ0n) is 9.18. The molecule has 2 heteroatoms. The van der Waals surface area contributed by atoms with Crippen LogP contribution in [0.1, 0.15) is 40.5 Å². The Kier molecular flexibility index (Phi) is 5.51. The number of nitrogens with zero attached hydrogens (tertiary/aromatic N) is 1. The first kappa shape index (κ1) is 11.9. The van der Waals surface area contributed by atoms with E-state index in [0.717, 1.165) is 13.1 Å². The zero-order valence-corrected chi connectivity index (χ0v) is 9.18.